The van der Waals surface area contributed by atoms with Crippen molar-refractivity contribution in [3.8, 4) is 17.6 Å². The fourth-order valence-electron chi connectivity index (χ4n) is 2.01. The van der Waals surface area contributed by atoms with E-state index in [1.165, 1.54) is 0 Å². The summed E-state index contributed by atoms with van der Waals surface area (Å²) in [4.78, 5) is 0. The predicted octanol–water partition coefficient (Wildman–Crippen LogP) is 3.17. The van der Waals surface area contributed by atoms with E-state index in [0.29, 0.717) is 17.9 Å². The molecule has 4 heteroatoms. The lowest BCUT2D eigenvalue weighted by Crippen LogP contribution is -2.05. The summed E-state index contributed by atoms with van der Waals surface area (Å²) in [5, 5.41) is 8.96. The molecule has 0 aromatic heterocycles. The lowest BCUT2D eigenvalue weighted by molar-refractivity contribution is 0.296. The van der Waals surface area contributed by atoms with Crippen molar-refractivity contribution >= 4 is 0 Å². The zero-order valence-corrected chi connectivity index (χ0v) is 12.2. The molecule has 0 amide bonds. The minimum absolute atomic E-state index is 0.0370. The molecule has 4 nitrogen and oxygen atoms in total. The molecule has 0 aliphatic heterocycles. The third-order valence-corrected chi connectivity index (χ3v) is 3.19. The van der Waals surface area contributed by atoms with Gasteiger partial charge in [-0.05, 0) is 42.8 Å². The maximum absolute atomic E-state index is 8.96. The topological polar surface area (TPSA) is 68.3 Å². The van der Waals surface area contributed by atoms with Crippen LogP contribution in [-0.4, -0.2) is 7.11 Å². The van der Waals surface area contributed by atoms with E-state index in [2.05, 4.69) is 6.07 Å². The number of hydrogen-bond acceptors (Lipinski definition) is 4. The van der Waals surface area contributed by atoms with Gasteiger partial charge in [0.15, 0.2) is 0 Å². The van der Waals surface area contributed by atoms with Crippen LogP contribution in [0.15, 0.2) is 42.5 Å². The number of rotatable bonds is 5. The summed E-state index contributed by atoms with van der Waals surface area (Å²) >= 11 is 0. The quantitative estimate of drug-likeness (QED) is 0.914. The molecule has 0 fully saturated rings. The molecular weight excluding hydrogens is 264 g/mol. The normalized spacial score (nSPS) is 11.5. The van der Waals surface area contributed by atoms with Crippen molar-refractivity contribution in [3.63, 3.8) is 0 Å². The van der Waals surface area contributed by atoms with E-state index in [-0.39, 0.29) is 6.04 Å². The van der Waals surface area contributed by atoms with E-state index in [9.17, 15) is 0 Å². The highest BCUT2D eigenvalue weighted by molar-refractivity contribution is 5.42. The molecule has 0 saturated carbocycles. The van der Waals surface area contributed by atoms with Gasteiger partial charge in [-0.1, -0.05) is 12.1 Å². The van der Waals surface area contributed by atoms with Gasteiger partial charge in [0.2, 0.25) is 0 Å². The predicted molar refractivity (Wildman–Crippen MR) is 81.1 cm³/mol. The van der Waals surface area contributed by atoms with Gasteiger partial charge >= 0.3 is 0 Å². The smallest absolute Gasteiger partial charge is 0.125 e. The summed E-state index contributed by atoms with van der Waals surface area (Å²) in [6.07, 6.45) is 0. The Bertz CT molecular complexity index is 660. The molecule has 0 aliphatic carbocycles. The zero-order chi connectivity index (χ0) is 15.2. The number of hydrogen-bond donors (Lipinski definition) is 1. The lowest BCUT2D eigenvalue weighted by Gasteiger charge is -2.12. The molecular formula is C17H18N2O2. The van der Waals surface area contributed by atoms with Crippen molar-refractivity contribution in [1.29, 1.82) is 5.26 Å². The molecule has 2 N–H and O–H groups in total. The molecule has 1 atom stereocenters. The van der Waals surface area contributed by atoms with Crippen molar-refractivity contribution in [2.45, 2.75) is 19.6 Å². The van der Waals surface area contributed by atoms with Gasteiger partial charge in [-0.15, -0.1) is 0 Å². The van der Waals surface area contributed by atoms with Gasteiger partial charge in [0.1, 0.15) is 18.1 Å². The van der Waals surface area contributed by atoms with E-state index >= 15 is 0 Å². The van der Waals surface area contributed by atoms with Crippen LogP contribution < -0.4 is 15.2 Å². The summed E-state index contributed by atoms with van der Waals surface area (Å²) in [6.45, 7) is 2.26. The number of nitrogens with zero attached hydrogens (tertiary/aromatic N) is 1. The van der Waals surface area contributed by atoms with Crippen molar-refractivity contribution in [3.05, 3.63) is 59.2 Å². The molecule has 2 rings (SSSR count). The van der Waals surface area contributed by atoms with E-state index in [0.717, 1.165) is 16.9 Å². The molecule has 2 aromatic rings. The number of nitrogens with two attached hydrogens (primary N) is 1. The molecule has 108 valence electrons. The van der Waals surface area contributed by atoms with Gasteiger partial charge in [0, 0.05) is 11.6 Å². The van der Waals surface area contributed by atoms with E-state index in [4.69, 9.17) is 20.5 Å². The fraction of sp³-hybridized carbons (Fsp3) is 0.235. The standard InChI is InChI=1S/C17H18N2O2/c1-12(19)14-4-3-5-16(9-14)21-11-15-8-13(10-18)6-7-17(15)20-2/h3-9,12H,11,19H2,1-2H3/t12-/m0/s1. The average molecular weight is 282 g/mol. The van der Waals surface area contributed by atoms with Gasteiger partial charge in [-0.25, -0.2) is 0 Å². The van der Waals surface area contributed by atoms with Crippen LogP contribution in [0.25, 0.3) is 0 Å². The van der Waals surface area contributed by atoms with Gasteiger partial charge in [-0.2, -0.15) is 5.26 Å². The van der Waals surface area contributed by atoms with Crippen LogP contribution in [0.2, 0.25) is 0 Å². The van der Waals surface area contributed by atoms with Crippen LogP contribution in [0.4, 0.5) is 0 Å². The number of methoxy groups -OCH3 is 1. The van der Waals surface area contributed by atoms with Gasteiger partial charge in [0.25, 0.3) is 0 Å². The van der Waals surface area contributed by atoms with Crippen molar-refractivity contribution in [2.24, 2.45) is 5.73 Å². The van der Waals surface area contributed by atoms with Crippen molar-refractivity contribution < 1.29 is 9.47 Å². The summed E-state index contributed by atoms with van der Waals surface area (Å²) in [6, 6.07) is 15.0. The van der Waals surface area contributed by atoms with Gasteiger partial charge < -0.3 is 15.2 Å². The first-order chi connectivity index (χ1) is 10.1. The van der Waals surface area contributed by atoms with Crippen LogP contribution in [0.1, 0.15) is 29.7 Å². The minimum Gasteiger partial charge on any atom is -0.496 e. The summed E-state index contributed by atoms with van der Waals surface area (Å²) in [5.74, 6) is 1.45. The summed E-state index contributed by atoms with van der Waals surface area (Å²) in [5.41, 5.74) is 8.30. The Hall–Kier alpha value is -2.51. The second-order valence-corrected chi connectivity index (χ2v) is 4.79. The number of ether oxygens (including phenoxy) is 2. The highest BCUT2D eigenvalue weighted by Crippen LogP contribution is 2.23. The molecule has 0 saturated heterocycles. The van der Waals surface area contributed by atoms with Crippen LogP contribution >= 0.6 is 0 Å². The first kappa shape index (κ1) is 14.9. The van der Waals surface area contributed by atoms with Crippen molar-refractivity contribution in [2.75, 3.05) is 7.11 Å². The first-order valence-corrected chi connectivity index (χ1v) is 6.69. The Morgan fingerprint density at radius 1 is 1.24 bits per heavy atom. The van der Waals surface area contributed by atoms with E-state index in [1.54, 1.807) is 25.3 Å². The van der Waals surface area contributed by atoms with Crippen LogP contribution in [0.5, 0.6) is 11.5 Å². The van der Waals surface area contributed by atoms with Crippen LogP contribution in [-0.2, 0) is 6.61 Å². The molecule has 0 aliphatic rings. The molecule has 0 unspecified atom stereocenters. The van der Waals surface area contributed by atoms with Crippen molar-refractivity contribution in [1.82, 2.24) is 0 Å². The maximum atomic E-state index is 8.96. The lowest BCUT2D eigenvalue weighted by atomic mass is 10.1. The Morgan fingerprint density at radius 2 is 2.05 bits per heavy atom. The van der Waals surface area contributed by atoms with E-state index < -0.39 is 0 Å². The molecule has 0 bridgehead atoms. The molecule has 0 heterocycles. The Balaban J connectivity index is 2.16. The Labute approximate surface area is 124 Å². The maximum Gasteiger partial charge on any atom is 0.125 e. The number of benzene rings is 2. The second-order valence-electron chi connectivity index (χ2n) is 4.79. The Kier molecular flexibility index (Phi) is 4.81. The highest BCUT2D eigenvalue weighted by Gasteiger charge is 2.07. The average Bonchev–Trinajstić information content (AvgIpc) is 2.52. The second kappa shape index (κ2) is 6.78. The Morgan fingerprint density at radius 3 is 2.71 bits per heavy atom. The van der Waals surface area contributed by atoms with Gasteiger partial charge in [0.05, 0.1) is 18.7 Å². The SMILES string of the molecule is COc1ccc(C#N)cc1COc1cccc([C@H](C)N)c1. The van der Waals surface area contributed by atoms with Crippen LogP contribution in [0, 0.1) is 11.3 Å². The first-order valence-electron chi connectivity index (χ1n) is 6.69. The largest absolute Gasteiger partial charge is 0.496 e. The highest BCUT2D eigenvalue weighted by atomic mass is 16.5. The van der Waals surface area contributed by atoms with Gasteiger partial charge in [-0.3, -0.25) is 0 Å². The van der Waals surface area contributed by atoms with E-state index in [1.807, 2.05) is 31.2 Å². The minimum atomic E-state index is -0.0370. The molecule has 2 aromatic carbocycles. The monoisotopic (exact) mass is 282 g/mol. The molecule has 0 spiro atoms. The number of nitriles is 1. The molecule has 0 radical (unpaired) electrons. The zero-order valence-electron chi connectivity index (χ0n) is 12.2. The third-order valence-electron chi connectivity index (χ3n) is 3.19. The summed E-state index contributed by atoms with van der Waals surface area (Å²) in [7, 11) is 1.60. The molecule has 21 heavy (non-hydrogen) atoms. The van der Waals surface area contributed by atoms with Crippen LogP contribution in [0.3, 0.4) is 0 Å². The third kappa shape index (κ3) is 3.74. The fourth-order valence-corrected chi connectivity index (χ4v) is 2.01. The summed E-state index contributed by atoms with van der Waals surface area (Å²) < 4.78 is 11.1.